The van der Waals surface area contributed by atoms with E-state index in [1.807, 2.05) is 43.8 Å². The molecular weight excluding hydrogens is 418 g/mol. The Hall–Kier alpha value is -3.93. The number of hydrogen-bond donors (Lipinski definition) is 1. The zero-order valence-corrected chi connectivity index (χ0v) is 19.5. The minimum absolute atomic E-state index is 0.254. The number of ether oxygens (including phenoxy) is 1. The molecule has 0 fully saturated rings. The van der Waals surface area contributed by atoms with Crippen LogP contribution in [-0.2, 0) is 11.2 Å². The van der Waals surface area contributed by atoms with E-state index in [4.69, 9.17) is 4.74 Å². The van der Waals surface area contributed by atoms with Crippen LogP contribution in [0.2, 0.25) is 0 Å². The number of carbonyl (C=O) groups excluding carboxylic acids is 1. The SMILES string of the molecule is CC(C)n1ccc(Nc2nccc(-c3cc(C#N)c4c(c3)CCN4C(=O)OC(C)(C)C)n2)n1. The summed E-state index contributed by atoms with van der Waals surface area (Å²) in [4.78, 5) is 23.1. The van der Waals surface area contributed by atoms with E-state index in [0.29, 0.717) is 41.7 Å². The first-order chi connectivity index (χ1) is 15.6. The summed E-state index contributed by atoms with van der Waals surface area (Å²) in [7, 11) is 0. The summed E-state index contributed by atoms with van der Waals surface area (Å²) in [5, 5.41) is 17.4. The maximum atomic E-state index is 12.7. The molecule has 0 radical (unpaired) electrons. The zero-order valence-electron chi connectivity index (χ0n) is 19.5. The van der Waals surface area contributed by atoms with Gasteiger partial charge in [0.1, 0.15) is 11.7 Å². The van der Waals surface area contributed by atoms with E-state index >= 15 is 0 Å². The molecule has 33 heavy (non-hydrogen) atoms. The number of carbonyl (C=O) groups is 1. The molecule has 0 atom stereocenters. The third kappa shape index (κ3) is 4.80. The second-order valence-corrected chi connectivity index (χ2v) is 9.19. The Bertz CT molecular complexity index is 1230. The molecule has 0 bridgehead atoms. The van der Waals surface area contributed by atoms with E-state index in [0.717, 1.165) is 11.1 Å². The van der Waals surface area contributed by atoms with E-state index in [-0.39, 0.29) is 6.04 Å². The zero-order chi connectivity index (χ0) is 23.8. The van der Waals surface area contributed by atoms with Crippen molar-refractivity contribution in [3.05, 3.63) is 47.8 Å². The highest BCUT2D eigenvalue weighted by molar-refractivity contribution is 5.93. The van der Waals surface area contributed by atoms with Crippen LogP contribution in [0.1, 0.15) is 51.8 Å². The van der Waals surface area contributed by atoms with E-state index < -0.39 is 11.7 Å². The second kappa shape index (κ2) is 8.54. The van der Waals surface area contributed by atoms with Crippen LogP contribution in [0, 0.1) is 11.3 Å². The summed E-state index contributed by atoms with van der Waals surface area (Å²) in [6.45, 7) is 10.0. The Kier molecular flexibility index (Phi) is 5.77. The van der Waals surface area contributed by atoms with Gasteiger partial charge in [-0.15, -0.1) is 0 Å². The second-order valence-electron chi connectivity index (χ2n) is 9.19. The highest BCUT2D eigenvalue weighted by Gasteiger charge is 2.31. The minimum Gasteiger partial charge on any atom is -0.443 e. The van der Waals surface area contributed by atoms with Gasteiger partial charge in [0.2, 0.25) is 5.95 Å². The van der Waals surface area contributed by atoms with Crippen LogP contribution in [0.5, 0.6) is 0 Å². The van der Waals surface area contributed by atoms with E-state index in [2.05, 4.69) is 40.3 Å². The number of nitrogens with zero attached hydrogens (tertiary/aromatic N) is 6. The van der Waals surface area contributed by atoms with Gasteiger partial charge in [0.05, 0.1) is 16.9 Å². The predicted molar refractivity (Wildman–Crippen MR) is 125 cm³/mol. The molecule has 9 nitrogen and oxygen atoms in total. The number of nitrogens with one attached hydrogen (secondary N) is 1. The summed E-state index contributed by atoms with van der Waals surface area (Å²) >= 11 is 0. The monoisotopic (exact) mass is 445 g/mol. The van der Waals surface area contributed by atoms with Gasteiger partial charge < -0.3 is 10.1 Å². The lowest BCUT2D eigenvalue weighted by Gasteiger charge is -2.25. The summed E-state index contributed by atoms with van der Waals surface area (Å²) in [6, 6.07) is 9.87. The predicted octanol–water partition coefficient (Wildman–Crippen LogP) is 4.83. The Morgan fingerprint density at radius 2 is 2.06 bits per heavy atom. The molecule has 1 aliphatic rings. The maximum absolute atomic E-state index is 12.7. The molecule has 0 saturated carbocycles. The van der Waals surface area contributed by atoms with Crippen molar-refractivity contribution in [1.29, 1.82) is 5.26 Å². The largest absolute Gasteiger partial charge is 0.443 e. The van der Waals surface area contributed by atoms with Gasteiger partial charge in [0.15, 0.2) is 5.82 Å². The van der Waals surface area contributed by atoms with E-state index in [1.165, 1.54) is 0 Å². The quantitative estimate of drug-likeness (QED) is 0.612. The topological polar surface area (TPSA) is 109 Å². The van der Waals surface area contributed by atoms with Gasteiger partial charge in [0.25, 0.3) is 0 Å². The van der Waals surface area contributed by atoms with Gasteiger partial charge in [-0.3, -0.25) is 9.58 Å². The third-order valence-electron chi connectivity index (χ3n) is 5.13. The Morgan fingerprint density at radius 3 is 2.73 bits per heavy atom. The van der Waals surface area contributed by atoms with Gasteiger partial charge in [-0.25, -0.2) is 14.8 Å². The van der Waals surface area contributed by atoms with Gasteiger partial charge in [-0.1, -0.05) is 0 Å². The molecule has 3 aromatic rings. The Morgan fingerprint density at radius 1 is 1.27 bits per heavy atom. The lowest BCUT2D eigenvalue weighted by atomic mass is 10.0. The number of amides is 1. The lowest BCUT2D eigenvalue weighted by Crippen LogP contribution is -2.36. The lowest BCUT2D eigenvalue weighted by molar-refractivity contribution is 0.0584. The minimum atomic E-state index is -0.609. The fourth-order valence-corrected chi connectivity index (χ4v) is 3.67. The van der Waals surface area contributed by atoms with Crippen molar-refractivity contribution in [1.82, 2.24) is 19.7 Å². The summed E-state index contributed by atoms with van der Waals surface area (Å²) in [5.74, 6) is 1.07. The number of aromatic nitrogens is 4. The summed E-state index contributed by atoms with van der Waals surface area (Å²) in [6.07, 6.45) is 3.75. The molecular formula is C24H27N7O2. The summed E-state index contributed by atoms with van der Waals surface area (Å²) in [5.41, 5.74) is 2.79. The molecule has 0 unspecified atom stereocenters. The molecule has 1 N–H and O–H groups in total. The van der Waals surface area contributed by atoms with Gasteiger partial charge >= 0.3 is 6.09 Å². The van der Waals surface area contributed by atoms with Crippen molar-refractivity contribution in [3.8, 4) is 17.3 Å². The van der Waals surface area contributed by atoms with Crippen molar-refractivity contribution in [3.63, 3.8) is 0 Å². The third-order valence-corrected chi connectivity index (χ3v) is 5.13. The normalized spacial score (nSPS) is 13.1. The molecule has 1 amide bonds. The highest BCUT2D eigenvalue weighted by atomic mass is 16.6. The first kappa shape index (κ1) is 22.3. The first-order valence-corrected chi connectivity index (χ1v) is 10.9. The molecule has 3 heterocycles. The average Bonchev–Trinajstić information content (AvgIpc) is 3.39. The van der Waals surface area contributed by atoms with Crippen molar-refractivity contribution >= 4 is 23.5 Å². The molecule has 9 heteroatoms. The van der Waals surface area contributed by atoms with Crippen molar-refractivity contribution in [2.24, 2.45) is 0 Å². The fourth-order valence-electron chi connectivity index (χ4n) is 3.67. The Balaban J connectivity index is 1.63. The standard InChI is InChI=1S/C24H27N7O2/c1-15(2)31-11-8-20(29-31)28-22-26-9-6-19(27-22)17-12-16-7-10-30(21(16)18(13-17)14-25)23(32)33-24(3,4)5/h6,8-9,11-13,15H,7,10H2,1-5H3,(H,26,27,28,29). The molecule has 1 aromatic carbocycles. The van der Waals surface area contributed by atoms with Crippen LogP contribution in [0.3, 0.4) is 0 Å². The van der Waals surface area contributed by atoms with Crippen LogP contribution in [-0.4, -0.2) is 38.0 Å². The van der Waals surface area contributed by atoms with Gasteiger partial charge in [0, 0.05) is 36.6 Å². The Labute approximate surface area is 193 Å². The van der Waals surface area contributed by atoms with Crippen LogP contribution in [0.4, 0.5) is 22.2 Å². The van der Waals surface area contributed by atoms with Crippen LogP contribution < -0.4 is 10.2 Å². The van der Waals surface area contributed by atoms with Gasteiger partial charge in [-0.2, -0.15) is 10.4 Å². The maximum Gasteiger partial charge on any atom is 0.414 e. The number of anilines is 3. The molecule has 2 aromatic heterocycles. The van der Waals surface area contributed by atoms with Crippen LogP contribution in [0.15, 0.2) is 36.7 Å². The molecule has 0 aliphatic carbocycles. The molecule has 0 saturated heterocycles. The molecule has 1 aliphatic heterocycles. The average molecular weight is 446 g/mol. The highest BCUT2D eigenvalue weighted by Crippen LogP contribution is 2.36. The molecule has 170 valence electrons. The number of rotatable bonds is 4. The smallest absolute Gasteiger partial charge is 0.414 e. The van der Waals surface area contributed by atoms with E-state index in [1.54, 1.807) is 23.2 Å². The number of hydrogen-bond acceptors (Lipinski definition) is 7. The first-order valence-electron chi connectivity index (χ1n) is 10.9. The molecule has 0 spiro atoms. The van der Waals surface area contributed by atoms with Crippen LogP contribution >= 0.6 is 0 Å². The fraction of sp³-hybridized carbons (Fsp3) is 0.375. The van der Waals surface area contributed by atoms with Crippen molar-refractivity contribution in [2.75, 3.05) is 16.8 Å². The number of nitriles is 1. The van der Waals surface area contributed by atoms with Gasteiger partial charge in [-0.05, 0) is 64.8 Å². The van der Waals surface area contributed by atoms with Crippen molar-refractivity contribution < 1.29 is 9.53 Å². The van der Waals surface area contributed by atoms with Crippen LogP contribution in [0.25, 0.3) is 11.3 Å². The number of fused-ring (bicyclic) bond motifs is 1. The molecule has 4 rings (SSSR count). The summed E-state index contributed by atoms with van der Waals surface area (Å²) < 4.78 is 7.37. The van der Waals surface area contributed by atoms with E-state index in [9.17, 15) is 10.1 Å². The number of benzene rings is 1. The van der Waals surface area contributed by atoms with Crippen molar-refractivity contribution in [2.45, 2.75) is 52.7 Å².